The van der Waals surface area contributed by atoms with Crippen molar-refractivity contribution >= 4 is 17.3 Å². The maximum atomic E-state index is 13.4. The number of carbonyl (C=O) groups is 1. The lowest BCUT2D eigenvalue weighted by molar-refractivity contribution is -0.384. The van der Waals surface area contributed by atoms with Crippen LogP contribution in [0.2, 0.25) is 0 Å². The Bertz CT molecular complexity index is 486. The molecule has 2 N–H and O–H groups in total. The predicted octanol–water partition coefficient (Wildman–Crippen LogP) is 1.28. The highest BCUT2D eigenvalue weighted by molar-refractivity contribution is 5.93. The molecule has 1 aliphatic heterocycles. The van der Waals surface area contributed by atoms with E-state index in [1.165, 1.54) is 0 Å². The van der Waals surface area contributed by atoms with Gasteiger partial charge in [-0.2, -0.15) is 0 Å². The van der Waals surface area contributed by atoms with Gasteiger partial charge in [-0.05, 0) is 19.0 Å². The van der Waals surface area contributed by atoms with Crippen LogP contribution in [0.25, 0.3) is 0 Å². The Balaban J connectivity index is 2.14. The van der Waals surface area contributed by atoms with E-state index >= 15 is 0 Å². The maximum absolute atomic E-state index is 13.4. The molecule has 1 aliphatic rings. The van der Waals surface area contributed by atoms with Crippen molar-refractivity contribution < 1.29 is 14.1 Å². The van der Waals surface area contributed by atoms with E-state index in [-0.39, 0.29) is 23.2 Å². The van der Waals surface area contributed by atoms with Crippen LogP contribution >= 0.6 is 0 Å². The normalized spacial score (nSPS) is 18.6. The Morgan fingerprint density at radius 3 is 2.94 bits per heavy atom. The number of non-ortho nitro benzene ring substituents is 1. The number of amides is 1. The minimum atomic E-state index is -0.681. The van der Waals surface area contributed by atoms with Crippen molar-refractivity contribution in [2.24, 2.45) is 5.92 Å². The number of benzene rings is 1. The van der Waals surface area contributed by atoms with Crippen LogP contribution in [0.4, 0.5) is 15.8 Å². The zero-order valence-electron chi connectivity index (χ0n) is 9.48. The number of hydrogen-bond donors (Lipinski definition) is 2. The third-order valence-electron chi connectivity index (χ3n) is 2.85. The summed E-state index contributed by atoms with van der Waals surface area (Å²) in [7, 11) is 0. The summed E-state index contributed by atoms with van der Waals surface area (Å²) in [5.74, 6) is -1.22. The molecule has 1 amide bonds. The summed E-state index contributed by atoms with van der Waals surface area (Å²) in [4.78, 5) is 21.7. The molecule has 1 atom stereocenters. The van der Waals surface area contributed by atoms with Gasteiger partial charge in [0.1, 0.15) is 5.82 Å². The summed E-state index contributed by atoms with van der Waals surface area (Å²) in [6.45, 7) is 1.29. The van der Waals surface area contributed by atoms with Crippen LogP contribution in [-0.2, 0) is 4.79 Å². The Labute approximate surface area is 102 Å². The molecule has 0 aromatic heterocycles. The second kappa shape index (κ2) is 5.09. The minimum Gasteiger partial charge on any atom is -0.323 e. The Morgan fingerprint density at radius 1 is 1.56 bits per heavy atom. The molecule has 2 rings (SSSR count). The van der Waals surface area contributed by atoms with E-state index in [0.717, 1.165) is 24.7 Å². The molecule has 6 nitrogen and oxygen atoms in total. The summed E-state index contributed by atoms with van der Waals surface area (Å²) in [6, 6.07) is 3.05. The van der Waals surface area contributed by atoms with Crippen LogP contribution in [0.15, 0.2) is 18.2 Å². The van der Waals surface area contributed by atoms with E-state index in [2.05, 4.69) is 10.6 Å². The van der Waals surface area contributed by atoms with Crippen LogP contribution in [-0.4, -0.2) is 23.9 Å². The lowest BCUT2D eigenvalue weighted by atomic mass is 10.1. The summed E-state index contributed by atoms with van der Waals surface area (Å²) in [5, 5.41) is 16.0. The molecule has 1 saturated heterocycles. The van der Waals surface area contributed by atoms with Crippen LogP contribution < -0.4 is 10.6 Å². The van der Waals surface area contributed by atoms with Gasteiger partial charge in [0.15, 0.2) is 0 Å². The summed E-state index contributed by atoms with van der Waals surface area (Å²) >= 11 is 0. The first-order chi connectivity index (χ1) is 8.58. The van der Waals surface area contributed by atoms with Crippen molar-refractivity contribution in [3.8, 4) is 0 Å². The lowest BCUT2D eigenvalue weighted by Crippen LogP contribution is -2.25. The summed E-state index contributed by atoms with van der Waals surface area (Å²) < 4.78 is 13.4. The van der Waals surface area contributed by atoms with Gasteiger partial charge in [-0.1, -0.05) is 0 Å². The molecular weight excluding hydrogens is 241 g/mol. The summed E-state index contributed by atoms with van der Waals surface area (Å²) in [5.41, 5.74) is -0.405. The SMILES string of the molecule is O=C(Nc1cc([N+](=O)[O-])ccc1F)C1CCNC1. The first-order valence-corrected chi connectivity index (χ1v) is 5.53. The molecule has 1 fully saturated rings. The molecule has 18 heavy (non-hydrogen) atoms. The molecule has 1 heterocycles. The summed E-state index contributed by atoms with van der Waals surface area (Å²) in [6.07, 6.45) is 0.683. The van der Waals surface area contributed by atoms with Crippen molar-refractivity contribution in [2.75, 3.05) is 18.4 Å². The third kappa shape index (κ3) is 2.62. The van der Waals surface area contributed by atoms with E-state index < -0.39 is 10.7 Å². The van der Waals surface area contributed by atoms with Gasteiger partial charge >= 0.3 is 0 Å². The molecular formula is C11H12FN3O3. The number of carbonyl (C=O) groups excluding carboxylic acids is 1. The van der Waals surface area contributed by atoms with Gasteiger partial charge in [-0.3, -0.25) is 14.9 Å². The number of nitro groups is 1. The fourth-order valence-electron chi connectivity index (χ4n) is 1.84. The van der Waals surface area contributed by atoms with Crippen LogP contribution in [0, 0.1) is 21.8 Å². The van der Waals surface area contributed by atoms with Gasteiger partial charge in [-0.25, -0.2) is 4.39 Å². The lowest BCUT2D eigenvalue weighted by Gasteiger charge is -2.10. The van der Waals surface area contributed by atoms with E-state index in [9.17, 15) is 19.3 Å². The van der Waals surface area contributed by atoms with Crippen molar-refractivity contribution in [1.82, 2.24) is 5.32 Å². The van der Waals surface area contributed by atoms with Gasteiger partial charge in [0, 0.05) is 18.7 Å². The Hall–Kier alpha value is -2.02. The number of nitro benzene ring substituents is 1. The van der Waals surface area contributed by atoms with Gasteiger partial charge < -0.3 is 10.6 Å². The van der Waals surface area contributed by atoms with Crippen molar-refractivity contribution in [3.63, 3.8) is 0 Å². The van der Waals surface area contributed by atoms with Crippen molar-refractivity contribution in [2.45, 2.75) is 6.42 Å². The predicted molar refractivity (Wildman–Crippen MR) is 62.7 cm³/mol. The number of nitrogens with one attached hydrogen (secondary N) is 2. The average molecular weight is 253 g/mol. The molecule has 0 aliphatic carbocycles. The smallest absolute Gasteiger partial charge is 0.271 e. The monoisotopic (exact) mass is 253 g/mol. The highest BCUT2D eigenvalue weighted by atomic mass is 19.1. The molecule has 0 radical (unpaired) electrons. The Kier molecular flexibility index (Phi) is 3.52. The molecule has 1 aromatic rings. The molecule has 1 aromatic carbocycles. The van der Waals surface area contributed by atoms with Crippen molar-refractivity contribution in [1.29, 1.82) is 0 Å². The van der Waals surface area contributed by atoms with E-state index in [1.807, 2.05) is 0 Å². The topological polar surface area (TPSA) is 84.3 Å². The first-order valence-electron chi connectivity index (χ1n) is 5.53. The Morgan fingerprint density at radius 2 is 2.33 bits per heavy atom. The molecule has 7 heteroatoms. The zero-order chi connectivity index (χ0) is 13.1. The van der Waals surface area contributed by atoms with E-state index in [4.69, 9.17) is 0 Å². The fourth-order valence-corrected chi connectivity index (χ4v) is 1.84. The number of nitrogens with zero attached hydrogens (tertiary/aromatic N) is 1. The average Bonchev–Trinajstić information content (AvgIpc) is 2.85. The standard InChI is InChI=1S/C11H12FN3O3/c12-9-2-1-8(15(17)18)5-10(9)14-11(16)7-3-4-13-6-7/h1-2,5,7,13H,3-4,6H2,(H,14,16). The number of halogens is 1. The number of rotatable bonds is 3. The third-order valence-corrected chi connectivity index (χ3v) is 2.85. The number of anilines is 1. The van der Waals surface area contributed by atoms with Gasteiger partial charge in [0.05, 0.1) is 16.5 Å². The zero-order valence-corrected chi connectivity index (χ0v) is 9.48. The van der Waals surface area contributed by atoms with Crippen LogP contribution in [0.5, 0.6) is 0 Å². The van der Waals surface area contributed by atoms with Gasteiger partial charge in [0.25, 0.3) is 5.69 Å². The maximum Gasteiger partial charge on any atom is 0.271 e. The molecule has 0 bridgehead atoms. The van der Waals surface area contributed by atoms with Crippen molar-refractivity contribution in [3.05, 3.63) is 34.1 Å². The largest absolute Gasteiger partial charge is 0.323 e. The highest BCUT2D eigenvalue weighted by Gasteiger charge is 2.23. The van der Waals surface area contributed by atoms with E-state index in [0.29, 0.717) is 13.0 Å². The van der Waals surface area contributed by atoms with Crippen LogP contribution in [0.3, 0.4) is 0 Å². The van der Waals surface area contributed by atoms with E-state index in [1.54, 1.807) is 0 Å². The quantitative estimate of drug-likeness (QED) is 0.627. The first kappa shape index (κ1) is 12.4. The second-order valence-electron chi connectivity index (χ2n) is 4.10. The number of hydrogen-bond acceptors (Lipinski definition) is 4. The van der Waals surface area contributed by atoms with Gasteiger partial charge in [-0.15, -0.1) is 0 Å². The highest BCUT2D eigenvalue weighted by Crippen LogP contribution is 2.22. The fraction of sp³-hybridized carbons (Fsp3) is 0.364. The minimum absolute atomic E-state index is 0.152. The molecule has 1 unspecified atom stereocenters. The second-order valence-corrected chi connectivity index (χ2v) is 4.10. The molecule has 0 saturated carbocycles. The molecule has 96 valence electrons. The van der Waals surface area contributed by atoms with Gasteiger partial charge in [0.2, 0.25) is 5.91 Å². The van der Waals surface area contributed by atoms with Crippen LogP contribution in [0.1, 0.15) is 6.42 Å². The molecule has 0 spiro atoms.